The maximum Gasteiger partial charge on any atom is 0.344 e. The molecule has 0 unspecified atom stereocenters. The van der Waals surface area contributed by atoms with E-state index < -0.39 is 31.0 Å². The average Bonchev–Trinajstić information content (AvgIpc) is 2.76. The Hall–Kier alpha value is -2.88. The Morgan fingerprint density at radius 2 is 1.72 bits per heavy atom. The molecule has 0 aliphatic carbocycles. The summed E-state index contributed by atoms with van der Waals surface area (Å²) >= 11 is 15.6. The number of carbonyl (C=O) groups excluding carboxylic acids is 3. The zero-order chi connectivity index (χ0) is 23.3. The van der Waals surface area contributed by atoms with Crippen LogP contribution in [0, 0.1) is 6.92 Å². The molecule has 0 aliphatic rings. The molecule has 0 bridgehead atoms. The largest absolute Gasteiger partial charge is 0.478 e. The van der Waals surface area contributed by atoms with Gasteiger partial charge in [-0.15, -0.1) is 0 Å². The van der Waals surface area contributed by atoms with E-state index >= 15 is 0 Å². The number of rotatable bonds is 6. The van der Waals surface area contributed by atoms with Gasteiger partial charge < -0.3 is 9.47 Å². The molecule has 8 nitrogen and oxygen atoms in total. The summed E-state index contributed by atoms with van der Waals surface area (Å²) in [6, 6.07) is 11.6. The molecule has 2 N–H and O–H groups in total. The van der Waals surface area contributed by atoms with Crippen molar-refractivity contribution < 1.29 is 23.9 Å². The van der Waals surface area contributed by atoms with E-state index in [1.807, 2.05) is 0 Å². The van der Waals surface area contributed by atoms with E-state index in [1.54, 1.807) is 43.3 Å². The van der Waals surface area contributed by atoms with E-state index in [9.17, 15) is 14.4 Å². The van der Waals surface area contributed by atoms with Crippen LogP contribution in [0.4, 0.5) is 0 Å². The van der Waals surface area contributed by atoms with Crippen molar-refractivity contribution in [2.24, 2.45) is 0 Å². The van der Waals surface area contributed by atoms with Gasteiger partial charge >= 0.3 is 5.97 Å². The second-order valence-electron chi connectivity index (χ2n) is 6.48. The van der Waals surface area contributed by atoms with Crippen LogP contribution in [0.5, 0.6) is 5.75 Å². The van der Waals surface area contributed by atoms with Gasteiger partial charge in [0, 0.05) is 21.1 Å². The SMILES string of the molecule is Cc1ccc2c(Cl)cc(Cl)c(OCC(=O)OCC(=O)NNC(=O)c3ccc(Br)cc3)c2n1. The summed E-state index contributed by atoms with van der Waals surface area (Å²) in [6.07, 6.45) is 0. The van der Waals surface area contributed by atoms with E-state index in [2.05, 4.69) is 31.8 Å². The highest BCUT2D eigenvalue weighted by atomic mass is 79.9. The van der Waals surface area contributed by atoms with Crippen molar-refractivity contribution in [3.8, 4) is 5.75 Å². The minimum Gasteiger partial charge on any atom is -0.478 e. The average molecular weight is 541 g/mol. The van der Waals surface area contributed by atoms with Crippen molar-refractivity contribution in [2.45, 2.75) is 6.92 Å². The molecule has 0 saturated carbocycles. The van der Waals surface area contributed by atoms with Gasteiger partial charge in [0.2, 0.25) is 0 Å². The quantitative estimate of drug-likeness (QED) is 0.361. The maximum atomic E-state index is 12.0. The Balaban J connectivity index is 1.50. The molecule has 32 heavy (non-hydrogen) atoms. The van der Waals surface area contributed by atoms with E-state index in [0.717, 1.165) is 4.47 Å². The number of ether oxygens (including phenoxy) is 2. The Bertz CT molecular complexity index is 1190. The summed E-state index contributed by atoms with van der Waals surface area (Å²) in [4.78, 5) is 40.1. The van der Waals surface area contributed by atoms with Gasteiger partial charge in [-0.1, -0.05) is 39.1 Å². The first-order chi connectivity index (χ1) is 15.2. The first-order valence-corrected chi connectivity index (χ1v) is 10.7. The number of nitrogens with one attached hydrogen (secondary N) is 2. The Kier molecular flexibility index (Phi) is 7.89. The zero-order valence-corrected chi connectivity index (χ0v) is 19.7. The number of amides is 2. The molecule has 166 valence electrons. The molecular weight excluding hydrogens is 525 g/mol. The standard InChI is InChI=1S/C21H16BrCl2N3O5/c1-11-2-7-14-15(23)8-16(24)20(19(14)25-11)32-10-18(29)31-9-17(28)26-27-21(30)12-3-5-13(22)6-4-12/h2-8H,9-10H2,1H3,(H,26,28)(H,27,30). The van der Waals surface area contributed by atoms with Crippen molar-refractivity contribution in [3.63, 3.8) is 0 Å². The molecule has 0 spiro atoms. The van der Waals surface area contributed by atoms with Crippen LogP contribution in [0.2, 0.25) is 10.0 Å². The smallest absolute Gasteiger partial charge is 0.344 e. The van der Waals surface area contributed by atoms with Crippen molar-refractivity contribution in [1.82, 2.24) is 15.8 Å². The summed E-state index contributed by atoms with van der Waals surface area (Å²) in [7, 11) is 0. The second kappa shape index (κ2) is 10.6. The van der Waals surface area contributed by atoms with E-state index in [1.165, 1.54) is 6.07 Å². The number of esters is 1. The molecule has 0 radical (unpaired) electrons. The molecule has 2 aromatic carbocycles. The minimum absolute atomic E-state index is 0.179. The lowest BCUT2D eigenvalue weighted by Gasteiger charge is -2.12. The fraction of sp³-hybridized carbons (Fsp3) is 0.143. The predicted molar refractivity (Wildman–Crippen MR) is 123 cm³/mol. The zero-order valence-electron chi connectivity index (χ0n) is 16.6. The predicted octanol–water partition coefficient (Wildman–Crippen LogP) is 4.00. The lowest BCUT2D eigenvalue weighted by Crippen LogP contribution is -2.43. The van der Waals surface area contributed by atoms with Gasteiger partial charge in [0.25, 0.3) is 11.8 Å². The topological polar surface area (TPSA) is 107 Å². The third-order valence-electron chi connectivity index (χ3n) is 4.10. The van der Waals surface area contributed by atoms with Gasteiger partial charge in [0.15, 0.2) is 19.0 Å². The maximum absolute atomic E-state index is 12.0. The van der Waals surface area contributed by atoms with E-state index in [-0.39, 0.29) is 10.8 Å². The van der Waals surface area contributed by atoms with Crippen LogP contribution in [-0.2, 0) is 14.3 Å². The number of benzene rings is 2. The lowest BCUT2D eigenvalue weighted by molar-refractivity contribution is -0.150. The van der Waals surface area contributed by atoms with Crippen LogP contribution in [-0.4, -0.2) is 36.0 Å². The third-order valence-corrected chi connectivity index (χ3v) is 5.22. The van der Waals surface area contributed by atoms with Crippen LogP contribution in [0.25, 0.3) is 10.9 Å². The number of fused-ring (bicyclic) bond motifs is 1. The third kappa shape index (κ3) is 6.09. The van der Waals surface area contributed by atoms with Crippen molar-refractivity contribution in [2.75, 3.05) is 13.2 Å². The van der Waals surface area contributed by atoms with Gasteiger partial charge in [-0.2, -0.15) is 0 Å². The molecular formula is C21H16BrCl2N3O5. The molecule has 11 heteroatoms. The van der Waals surface area contributed by atoms with E-state index in [0.29, 0.717) is 27.2 Å². The highest BCUT2D eigenvalue weighted by molar-refractivity contribution is 9.10. The summed E-state index contributed by atoms with van der Waals surface area (Å²) in [6.45, 7) is 0.667. The molecule has 0 atom stereocenters. The first kappa shape index (κ1) is 23.8. The van der Waals surface area contributed by atoms with Gasteiger partial charge in [0.05, 0.1) is 10.0 Å². The van der Waals surface area contributed by atoms with Crippen LogP contribution in [0.15, 0.2) is 46.9 Å². The van der Waals surface area contributed by atoms with E-state index in [4.69, 9.17) is 32.7 Å². The molecule has 1 aromatic heterocycles. The molecule has 3 rings (SSSR count). The number of hydrazine groups is 1. The number of aryl methyl sites for hydroxylation is 1. The van der Waals surface area contributed by atoms with Gasteiger partial charge in [-0.25, -0.2) is 9.78 Å². The normalized spacial score (nSPS) is 10.5. The van der Waals surface area contributed by atoms with Crippen molar-refractivity contribution in [1.29, 1.82) is 0 Å². The molecule has 3 aromatic rings. The van der Waals surface area contributed by atoms with Gasteiger partial charge in [-0.3, -0.25) is 20.4 Å². The number of hydrogen-bond donors (Lipinski definition) is 2. The number of nitrogens with zero attached hydrogens (tertiary/aromatic N) is 1. The number of aromatic nitrogens is 1. The lowest BCUT2D eigenvalue weighted by atomic mass is 10.2. The van der Waals surface area contributed by atoms with Gasteiger partial charge in [-0.05, 0) is 49.4 Å². The monoisotopic (exact) mass is 539 g/mol. The molecule has 0 aliphatic heterocycles. The summed E-state index contributed by atoms with van der Waals surface area (Å²) in [5, 5.41) is 1.20. The van der Waals surface area contributed by atoms with Crippen LogP contribution >= 0.6 is 39.1 Å². The summed E-state index contributed by atoms with van der Waals surface area (Å²) in [5.74, 6) is -1.88. The molecule has 0 saturated heterocycles. The second-order valence-corrected chi connectivity index (χ2v) is 8.21. The van der Waals surface area contributed by atoms with Crippen LogP contribution in [0.1, 0.15) is 16.1 Å². The molecule has 1 heterocycles. The fourth-order valence-corrected chi connectivity index (χ4v) is 3.42. The number of halogens is 3. The van der Waals surface area contributed by atoms with Crippen LogP contribution in [0.3, 0.4) is 0 Å². The molecule has 2 amide bonds. The van der Waals surface area contributed by atoms with Gasteiger partial charge in [0.1, 0.15) is 5.52 Å². The van der Waals surface area contributed by atoms with Crippen molar-refractivity contribution >= 4 is 67.8 Å². The summed E-state index contributed by atoms with van der Waals surface area (Å²) in [5.41, 5.74) is 5.84. The number of hydrogen-bond acceptors (Lipinski definition) is 6. The number of carbonyl (C=O) groups is 3. The fourth-order valence-electron chi connectivity index (χ4n) is 2.58. The molecule has 0 fully saturated rings. The summed E-state index contributed by atoms with van der Waals surface area (Å²) < 4.78 is 11.2. The van der Waals surface area contributed by atoms with Crippen LogP contribution < -0.4 is 15.6 Å². The Morgan fingerprint density at radius 3 is 2.44 bits per heavy atom. The highest BCUT2D eigenvalue weighted by Gasteiger charge is 2.16. The Morgan fingerprint density at radius 1 is 1.00 bits per heavy atom. The Labute approximate surface area is 201 Å². The first-order valence-electron chi connectivity index (χ1n) is 9.13. The highest BCUT2D eigenvalue weighted by Crippen LogP contribution is 2.37. The van der Waals surface area contributed by atoms with Crippen molar-refractivity contribution in [3.05, 3.63) is 68.2 Å². The minimum atomic E-state index is -0.814. The number of pyridine rings is 1.